The largest absolute Gasteiger partial charge is 0.382 e. The number of hydrogen-bond donors (Lipinski definition) is 2. The van der Waals surface area contributed by atoms with E-state index in [4.69, 9.17) is 5.73 Å². The zero-order valence-corrected chi connectivity index (χ0v) is 10.7. The third kappa shape index (κ3) is 2.97. The van der Waals surface area contributed by atoms with Gasteiger partial charge in [0.2, 0.25) is 0 Å². The highest BCUT2D eigenvalue weighted by atomic mass is 32.1. The van der Waals surface area contributed by atoms with Gasteiger partial charge in [0, 0.05) is 11.1 Å². The van der Waals surface area contributed by atoms with E-state index in [0.29, 0.717) is 11.9 Å². The van der Waals surface area contributed by atoms with Crippen LogP contribution in [0.4, 0.5) is 11.5 Å². The lowest BCUT2D eigenvalue weighted by Gasteiger charge is -2.18. The van der Waals surface area contributed by atoms with E-state index in [0.717, 1.165) is 18.5 Å². The van der Waals surface area contributed by atoms with Gasteiger partial charge in [-0.2, -0.15) is 0 Å². The number of rotatable bonds is 5. The number of thiophene rings is 1. The molecule has 3 nitrogen and oxygen atoms in total. The summed E-state index contributed by atoms with van der Waals surface area (Å²) in [5.41, 5.74) is 6.76. The lowest BCUT2D eigenvalue weighted by molar-refractivity contribution is 0.687. The average molecular weight is 247 g/mol. The first kappa shape index (κ1) is 11.9. The third-order valence-electron chi connectivity index (χ3n) is 2.63. The Morgan fingerprint density at radius 1 is 1.41 bits per heavy atom. The number of nitrogens with one attached hydrogen (secondary N) is 1. The van der Waals surface area contributed by atoms with E-state index < -0.39 is 0 Å². The van der Waals surface area contributed by atoms with Gasteiger partial charge in [-0.05, 0) is 30.0 Å². The second-order valence-corrected chi connectivity index (χ2v) is 4.92. The molecule has 4 heteroatoms. The number of anilines is 2. The molecule has 0 aliphatic carbocycles. The number of nitrogens with zero attached hydrogens (tertiary/aromatic N) is 1. The van der Waals surface area contributed by atoms with E-state index in [1.54, 1.807) is 17.5 Å². The minimum absolute atomic E-state index is 0.325. The molecule has 0 bridgehead atoms. The molecular weight excluding hydrogens is 230 g/mol. The van der Waals surface area contributed by atoms with Gasteiger partial charge in [-0.15, -0.1) is 11.3 Å². The Balaban J connectivity index is 2.16. The van der Waals surface area contributed by atoms with E-state index in [1.807, 2.05) is 12.1 Å². The Morgan fingerprint density at radius 3 is 2.94 bits per heavy atom. The monoisotopic (exact) mass is 247 g/mol. The van der Waals surface area contributed by atoms with Gasteiger partial charge in [0.15, 0.2) is 0 Å². The summed E-state index contributed by atoms with van der Waals surface area (Å²) in [7, 11) is 0. The van der Waals surface area contributed by atoms with E-state index >= 15 is 0 Å². The lowest BCUT2D eigenvalue weighted by atomic mass is 10.1. The quantitative estimate of drug-likeness (QED) is 0.847. The summed E-state index contributed by atoms with van der Waals surface area (Å²) in [6, 6.07) is 8.43. The van der Waals surface area contributed by atoms with Crippen LogP contribution in [0.3, 0.4) is 0 Å². The van der Waals surface area contributed by atoms with Gasteiger partial charge in [-0.25, -0.2) is 4.98 Å². The smallest absolute Gasteiger partial charge is 0.146 e. The predicted molar refractivity (Wildman–Crippen MR) is 74.2 cm³/mol. The molecule has 1 unspecified atom stereocenters. The Labute approximate surface area is 106 Å². The highest BCUT2D eigenvalue weighted by Gasteiger charge is 2.12. The SMILES string of the molecule is CCCC(Nc1cccnc1N)c1cccs1. The fourth-order valence-corrected chi connectivity index (χ4v) is 2.60. The zero-order valence-electron chi connectivity index (χ0n) is 9.89. The minimum Gasteiger partial charge on any atom is -0.382 e. The Morgan fingerprint density at radius 2 is 2.29 bits per heavy atom. The van der Waals surface area contributed by atoms with Crippen LogP contribution >= 0.6 is 11.3 Å². The van der Waals surface area contributed by atoms with Crippen LogP contribution in [0.25, 0.3) is 0 Å². The van der Waals surface area contributed by atoms with Crippen molar-refractivity contribution in [1.82, 2.24) is 4.98 Å². The number of nitrogen functional groups attached to an aromatic ring is 1. The third-order valence-corrected chi connectivity index (χ3v) is 3.62. The summed E-state index contributed by atoms with van der Waals surface area (Å²) in [6.07, 6.45) is 3.94. The van der Waals surface area contributed by atoms with Crippen molar-refractivity contribution in [2.45, 2.75) is 25.8 Å². The highest BCUT2D eigenvalue weighted by Crippen LogP contribution is 2.28. The van der Waals surface area contributed by atoms with Gasteiger partial charge in [-0.3, -0.25) is 0 Å². The summed E-state index contributed by atoms with van der Waals surface area (Å²) < 4.78 is 0. The standard InChI is InChI=1S/C13H17N3S/c1-2-5-10(12-7-4-9-17-12)16-11-6-3-8-15-13(11)14/h3-4,6-10,16H,2,5H2,1H3,(H2,14,15). The first-order chi connectivity index (χ1) is 8.31. The van der Waals surface area contributed by atoms with Gasteiger partial charge >= 0.3 is 0 Å². The predicted octanol–water partition coefficient (Wildman–Crippen LogP) is 3.68. The first-order valence-electron chi connectivity index (χ1n) is 5.81. The van der Waals surface area contributed by atoms with Crippen molar-refractivity contribution >= 4 is 22.8 Å². The van der Waals surface area contributed by atoms with Crippen LogP contribution in [0.2, 0.25) is 0 Å². The van der Waals surface area contributed by atoms with Crippen LogP contribution in [0.1, 0.15) is 30.7 Å². The van der Waals surface area contributed by atoms with Crippen LogP contribution in [0.5, 0.6) is 0 Å². The van der Waals surface area contributed by atoms with Crippen molar-refractivity contribution in [2.24, 2.45) is 0 Å². The topological polar surface area (TPSA) is 50.9 Å². The van der Waals surface area contributed by atoms with Crippen molar-refractivity contribution < 1.29 is 0 Å². The molecule has 2 aromatic heterocycles. The maximum absolute atomic E-state index is 5.85. The maximum atomic E-state index is 5.85. The molecule has 0 saturated carbocycles. The lowest BCUT2D eigenvalue weighted by Crippen LogP contribution is -2.11. The second kappa shape index (κ2) is 5.68. The maximum Gasteiger partial charge on any atom is 0.146 e. The van der Waals surface area contributed by atoms with Crippen molar-refractivity contribution in [1.29, 1.82) is 0 Å². The van der Waals surface area contributed by atoms with Gasteiger partial charge in [0.1, 0.15) is 5.82 Å². The summed E-state index contributed by atoms with van der Waals surface area (Å²) in [5, 5.41) is 5.58. The summed E-state index contributed by atoms with van der Waals surface area (Å²) in [6.45, 7) is 2.19. The molecule has 2 aromatic rings. The fourth-order valence-electron chi connectivity index (χ4n) is 1.79. The molecule has 0 aromatic carbocycles. The van der Waals surface area contributed by atoms with Crippen molar-refractivity contribution in [3.8, 4) is 0 Å². The molecule has 0 spiro atoms. The van der Waals surface area contributed by atoms with Gasteiger partial charge in [0.25, 0.3) is 0 Å². The van der Waals surface area contributed by atoms with Gasteiger partial charge < -0.3 is 11.1 Å². The summed E-state index contributed by atoms with van der Waals surface area (Å²) in [5.74, 6) is 0.560. The molecule has 0 fully saturated rings. The number of pyridine rings is 1. The number of aromatic nitrogens is 1. The van der Waals surface area contributed by atoms with E-state index in [1.165, 1.54) is 4.88 Å². The van der Waals surface area contributed by atoms with Crippen molar-refractivity contribution in [3.05, 3.63) is 40.7 Å². The normalized spacial score (nSPS) is 12.3. The fraction of sp³-hybridized carbons (Fsp3) is 0.308. The molecule has 0 aliphatic heterocycles. The second-order valence-electron chi connectivity index (χ2n) is 3.94. The van der Waals surface area contributed by atoms with Crippen LogP contribution in [0.15, 0.2) is 35.8 Å². The molecule has 90 valence electrons. The molecule has 0 radical (unpaired) electrons. The van der Waals surface area contributed by atoms with Crippen molar-refractivity contribution in [2.75, 3.05) is 11.1 Å². The van der Waals surface area contributed by atoms with Crippen LogP contribution in [0, 0.1) is 0 Å². The molecular formula is C13H17N3S. The number of hydrogen-bond acceptors (Lipinski definition) is 4. The molecule has 2 heterocycles. The molecule has 0 saturated heterocycles. The average Bonchev–Trinajstić information content (AvgIpc) is 2.85. The summed E-state index contributed by atoms with van der Waals surface area (Å²) in [4.78, 5) is 5.43. The van der Waals surface area contributed by atoms with E-state index in [2.05, 4.69) is 34.7 Å². The molecule has 3 N–H and O–H groups in total. The summed E-state index contributed by atoms with van der Waals surface area (Å²) >= 11 is 1.77. The Kier molecular flexibility index (Phi) is 3.98. The minimum atomic E-state index is 0.325. The van der Waals surface area contributed by atoms with Crippen molar-refractivity contribution in [3.63, 3.8) is 0 Å². The van der Waals surface area contributed by atoms with Gasteiger partial charge in [-0.1, -0.05) is 19.4 Å². The van der Waals surface area contributed by atoms with Gasteiger partial charge in [0.05, 0.1) is 11.7 Å². The molecule has 17 heavy (non-hydrogen) atoms. The Hall–Kier alpha value is -1.55. The zero-order chi connectivity index (χ0) is 12.1. The molecule has 2 rings (SSSR count). The molecule has 0 amide bonds. The molecule has 1 atom stereocenters. The highest BCUT2D eigenvalue weighted by molar-refractivity contribution is 7.10. The van der Waals surface area contributed by atoms with Crippen LogP contribution < -0.4 is 11.1 Å². The van der Waals surface area contributed by atoms with E-state index in [-0.39, 0.29) is 0 Å². The van der Waals surface area contributed by atoms with Crippen LogP contribution in [-0.2, 0) is 0 Å². The van der Waals surface area contributed by atoms with E-state index in [9.17, 15) is 0 Å². The molecule has 0 aliphatic rings. The van der Waals surface area contributed by atoms with Crippen LogP contribution in [-0.4, -0.2) is 4.98 Å². The Bertz CT molecular complexity index is 453. The number of nitrogens with two attached hydrogens (primary N) is 1. The first-order valence-corrected chi connectivity index (χ1v) is 6.69.